The Bertz CT molecular complexity index is 672. The summed E-state index contributed by atoms with van der Waals surface area (Å²) in [6, 6.07) is 16.1. The number of rotatable bonds is 4. The molecule has 2 aromatic carbocycles. The standard InChI is InChI=1S/C19H22N2O2/c1-14(15-6-4-3-5-7-15)23-17-8-9-19-18(12-17)20-11-10-16(13-22)21(19)2/h3-9,12-14,16,20H,10-11H2,1-2H3. The molecular formula is C19H22N2O2. The number of carbonyl (C=O) groups excluding carboxylic acids is 1. The lowest BCUT2D eigenvalue weighted by molar-refractivity contribution is -0.108. The Kier molecular flexibility index (Phi) is 4.51. The predicted octanol–water partition coefficient (Wildman–Crippen LogP) is 3.65. The number of hydrogen-bond acceptors (Lipinski definition) is 4. The second-order valence-electron chi connectivity index (χ2n) is 5.88. The van der Waals surface area contributed by atoms with Crippen LogP contribution < -0.4 is 15.0 Å². The van der Waals surface area contributed by atoms with Crippen molar-refractivity contribution in [3.8, 4) is 5.75 Å². The lowest BCUT2D eigenvalue weighted by atomic mass is 10.1. The van der Waals surface area contributed by atoms with Crippen LogP contribution in [-0.2, 0) is 4.79 Å². The van der Waals surface area contributed by atoms with E-state index in [1.807, 2.05) is 55.3 Å². The molecule has 1 aliphatic rings. The molecule has 1 N–H and O–H groups in total. The first-order valence-electron chi connectivity index (χ1n) is 7.96. The Morgan fingerprint density at radius 1 is 1.26 bits per heavy atom. The van der Waals surface area contributed by atoms with Gasteiger partial charge in [0, 0.05) is 19.7 Å². The molecule has 0 amide bonds. The zero-order valence-corrected chi connectivity index (χ0v) is 13.5. The lowest BCUT2D eigenvalue weighted by Crippen LogP contribution is -2.32. The molecule has 1 aliphatic heterocycles. The second kappa shape index (κ2) is 6.73. The summed E-state index contributed by atoms with van der Waals surface area (Å²) in [6.07, 6.45) is 1.80. The van der Waals surface area contributed by atoms with Crippen molar-refractivity contribution in [2.75, 3.05) is 23.8 Å². The zero-order valence-electron chi connectivity index (χ0n) is 13.5. The molecule has 0 radical (unpaired) electrons. The van der Waals surface area contributed by atoms with Gasteiger partial charge in [-0.2, -0.15) is 0 Å². The van der Waals surface area contributed by atoms with E-state index in [4.69, 9.17) is 4.74 Å². The molecule has 23 heavy (non-hydrogen) atoms. The smallest absolute Gasteiger partial charge is 0.142 e. The summed E-state index contributed by atoms with van der Waals surface area (Å²) in [4.78, 5) is 13.2. The van der Waals surface area contributed by atoms with E-state index in [0.717, 1.165) is 41.9 Å². The monoisotopic (exact) mass is 310 g/mol. The fourth-order valence-electron chi connectivity index (χ4n) is 2.92. The molecular weight excluding hydrogens is 288 g/mol. The molecule has 4 heteroatoms. The summed E-state index contributed by atoms with van der Waals surface area (Å²) in [5, 5.41) is 3.39. The summed E-state index contributed by atoms with van der Waals surface area (Å²) >= 11 is 0. The van der Waals surface area contributed by atoms with Crippen LogP contribution in [0.15, 0.2) is 48.5 Å². The molecule has 120 valence electrons. The van der Waals surface area contributed by atoms with E-state index in [-0.39, 0.29) is 12.1 Å². The Hall–Kier alpha value is -2.49. The van der Waals surface area contributed by atoms with Gasteiger partial charge in [0.05, 0.1) is 17.4 Å². The number of carbonyl (C=O) groups is 1. The third-order valence-corrected chi connectivity index (χ3v) is 4.34. The lowest BCUT2D eigenvalue weighted by Gasteiger charge is -2.25. The highest BCUT2D eigenvalue weighted by atomic mass is 16.5. The molecule has 0 aromatic heterocycles. The van der Waals surface area contributed by atoms with Gasteiger partial charge in [-0.3, -0.25) is 0 Å². The van der Waals surface area contributed by atoms with Gasteiger partial charge >= 0.3 is 0 Å². The third-order valence-electron chi connectivity index (χ3n) is 4.34. The van der Waals surface area contributed by atoms with Crippen LogP contribution in [0.1, 0.15) is 25.0 Å². The Morgan fingerprint density at radius 2 is 2.04 bits per heavy atom. The van der Waals surface area contributed by atoms with Gasteiger partial charge in [0.25, 0.3) is 0 Å². The number of ether oxygens (including phenoxy) is 1. The number of benzene rings is 2. The molecule has 2 atom stereocenters. The minimum absolute atomic E-state index is 0.0134. The van der Waals surface area contributed by atoms with Gasteiger partial charge in [0.15, 0.2) is 0 Å². The molecule has 0 fully saturated rings. The van der Waals surface area contributed by atoms with Crippen LogP contribution in [-0.4, -0.2) is 25.9 Å². The molecule has 0 saturated carbocycles. The van der Waals surface area contributed by atoms with Gasteiger partial charge in [-0.25, -0.2) is 0 Å². The number of fused-ring (bicyclic) bond motifs is 1. The van der Waals surface area contributed by atoms with Crippen LogP contribution in [0.5, 0.6) is 5.75 Å². The SMILES string of the molecule is CC(Oc1ccc2c(c1)NCCC(C=O)N2C)c1ccccc1. The number of nitrogens with one attached hydrogen (secondary N) is 1. The van der Waals surface area contributed by atoms with Crippen LogP contribution in [0.4, 0.5) is 11.4 Å². The Morgan fingerprint density at radius 3 is 2.78 bits per heavy atom. The van der Waals surface area contributed by atoms with E-state index < -0.39 is 0 Å². The Balaban J connectivity index is 1.81. The highest BCUT2D eigenvalue weighted by molar-refractivity contribution is 5.77. The molecule has 2 unspecified atom stereocenters. The molecule has 3 rings (SSSR count). The van der Waals surface area contributed by atoms with E-state index >= 15 is 0 Å². The summed E-state index contributed by atoms with van der Waals surface area (Å²) < 4.78 is 6.07. The molecule has 1 heterocycles. The van der Waals surface area contributed by atoms with E-state index in [2.05, 4.69) is 17.4 Å². The summed E-state index contributed by atoms with van der Waals surface area (Å²) in [7, 11) is 1.96. The van der Waals surface area contributed by atoms with Crippen molar-refractivity contribution in [2.24, 2.45) is 0 Å². The largest absolute Gasteiger partial charge is 0.486 e. The number of hydrogen-bond donors (Lipinski definition) is 1. The first-order chi connectivity index (χ1) is 11.2. The summed E-state index contributed by atoms with van der Waals surface area (Å²) in [5.74, 6) is 0.825. The molecule has 4 nitrogen and oxygen atoms in total. The molecule has 0 aliphatic carbocycles. The first-order valence-corrected chi connectivity index (χ1v) is 7.96. The maximum Gasteiger partial charge on any atom is 0.142 e. The average Bonchev–Trinajstić information content (AvgIpc) is 2.74. The summed E-state index contributed by atoms with van der Waals surface area (Å²) in [6.45, 7) is 2.82. The van der Waals surface area contributed by atoms with E-state index in [9.17, 15) is 4.79 Å². The minimum Gasteiger partial charge on any atom is -0.486 e. The Labute approximate surface area is 137 Å². The van der Waals surface area contributed by atoms with Crippen LogP contribution in [0.25, 0.3) is 0 Å². The van der Waals surface area contributed by atoms with Crippen molar-refractivity contribution in [3.63, 3.8) is 0 Å². The second-order valence-corrected chi connectivity index (χ2v) is 5.88. The number of anilines is 2. The van der Waals surface area contributed by atoms with E-state index in [0.29, 0.717) is 0 Å². The number of nitrogens with zero attached hydrogens (tertiary/aromatic N) is 1. The zero-order chi connectivity index (χ0) is 16.2. The minimum atomic E-state index is -0.0845. The van der Waals surface area contributed by atoms with Crippen molar-refractivity contribution >= 4 is 17.7 Å². The highest BCUT2D eigenvalue weighted by Gasteiger charge is 2.21. The van der Waals surface area contributed by atoms with Gasteiger partial charge in [0.1, 0.15) is 18.1 Å². The first kappa shape index (κ1) is 15.4. The molecule has 0 bridgehead atoms. The average molecular weight is 310 g/mol. The van der Waals surface area contributed by atoms with E-state index in [1.54, 1.807) is 0 Å². The maximum absolute atomic E-state index is 11.2. The predicted molar refractivity (Wildman–Crippen MR) is 93.3 cm³/mol. The molecule has 0 spiro atoms. The van der Waals surface area contributed by atoms with Gasteiger partial charge in [-0.15, -0.1) is 0 Å². The van der Waals surface area contributed by atoms with Gasteiger partial charge in [-0.05, 0) is 31.0 Å². The summed E-state index contributed by atoms with van der Waals surface area (Å²) in [5.41, 5.74) is 3.18. The van der Waals surface area contributed by atoms with Crippen LogP contribution >= 0.6 is 0 Å². The molecule has 2 aromatic rings. The normalized spacial score (nSPS) is 18.3. The molecule has 0 saturated heterocycles. The van der Waals surface area contributed by atoms with Crippen LogP contribution in [0, 0.1) is 0 Å². The van der Waals surface area contributed by atoms with Gasteiger partial charge < -0.3 is 19.7 Å². The van der Waals surface area contributed by atoms with E-state index in [1.165, 1.54) is 0 Å². The third kappa shape index (κ3) is 3.31. The topological polar surface area (TPSA) is 41.6 Å². The maximum atomic E-state index is 11.2. The van der Waals surface area contributed by atoms with Gasteiger partial charge in [0.2, 0.25) is 0 Å². The number of aldehydes is 1. The quantitative estimate of drug-likeness (QED) is 0.875. The number of likely N-dealkylation sites (N-methyl/N-ethyl adjacent to an activating group) is 1. The van der Waals surface area contributed by atoms with Crippen molar-refractivity contribution < 1.29 is 9.53 Å². The van der Waals surface area contributed by atoms with Gasteiger partial charge in [-0.1, -0.05) is 30.3 Å². The highest BCUT2D eigenvalue weighted by Crippen LogP contribution is 2.34. The van der Waals surface area contributed by atoms with Crippen LogP contribution in [0.3, 0.4) is 0 Å². The van der Waals surface area contributed by atoms with Crippen LogP contribution in [0.2, 0.25) is 0 Å². The fraction of sp³-hybridized carbons (Fsp3) is 0.316. The fourth-order valence-corrected chi connectivity index (χ4v) is 2.92. The van der Waals surface area contributed by atoms with Crippen molar-refractivity contribution in [2.45, 2.75) is 25.5 Å². The van der Waals surface area contributed by atoms with Crippen molar-refractivity contribution in [3.05, 3.63) is 54.1 Å². The van der Waals surface area contributed by atoms with Crippen molar-refractivity contribution in [1.29, 1.82) is 0 Å². The van der Waals surface area contributed by atoms with Crippen molar-refractivity contribution in [1.82, 2.24) is 0 Å².